The zero-order chi connectivity index (χ0) is 16.5. The molecule has 1 aliphatic rings. The second-order valence-corrected chi connectivity index (χ2v) is 6.77. The molecule has 0 saturated heterocycles. The smallest absolute Gasteiger partial charge is 0.223 e. The van der Waals surface area contributed by atoms with Crippen molar-refractivity contribution in [3.8, 4) is 0 Å². The Morgan fingerprint density at radius 2 is 2.08 bits per heavy atom. The van der Waals surface area contributed by atoms with Gasteiger partial charge in [0.05, 0.1) is 0 Å². The van der Waals surface area contributed by atoms with Gasteiger partial charge >= 0.3 is 0 Å². The summed E-state index contributed by atoms with van der Waals surface area (Å²) in [7, 11) is 0. The minimum Gasteiger partial charge on any atom is -0.358 e. The molecule has 3 nitrogen and oxygen atoms in total. The first-order valence-electron chi connectivity index (χ1n) is 8.62. The van der Waals surface area contributed by atoms with E-state index in [4.69, 9.17) is 0 Å². The van der Waals surface area contributed by atoms with Gasteiger partial charge in [-0.2, -0.15) is 0 Å². The summed E-state index contributed by atoms with van der Waals surface area (Å²) in [6, 6.07) is 16.7. The van der Waals surface area contributed by atoms with Crippen LogP contribution in [0.25, 0.3) is 10.9 Å². The lowest BCUT2D eigenvalue weighted by Gasteiger charge is -2.22. The molecule has 0 bridgehead atoms. The summed E-state index contributed by atoms with van der Waals surface area (Å²) in [6.07, 6.45) is 2.70. The minimum atomic E-state index is 0.0708. The third-order valence-electron chi connectivity index (χ3n) is 5.02. The minimum absolute atomic E-state index is 0.0708. The molecule has 1 unspecified atom stereocenters. The van der Waals surface area contributed by atoms with Crippen LogP contribution >= 0.6 is 0 Å². The molecule has 4 rings (SSSR count). The SMILES string of the molecule is Cc1cccc(CNC(=O)C2CCc3[nH]c4ccccc4c3C2)c1. The Kier molecular flexibility index (Phi) is 3.85. The van der Waals surface area contributed by atoms with Crippen LogP contribution in [0.4, 0.5) is 0 Å². The van der Waals surface area contributed by atoms with Crippen molar-refractivity contribution in [2.24, 2.45) is 5.92 Å². The normalized spacial score (nSPS) is 16.8. The van der Waals surface area contributed by atoms with Crippen LogP contribution in [0.15, 0.2) is 48.5 Å². The number of aryl methyl sites for hydroxylation is 2. The van der Waals surface area contributed by atoms with Crippen molar-refractivity contribution in [1.82, 2.24) is 10.3 Å². The van der Waals surface area contributed by atoms with Crippen molar-refractivity contribution in [3.63, 3.8) is 0 Å². The van der Waals surface area contributed by atoms with Crippen molar-refractivity contribution in [2.75, 3.05) is 0 Å². The monoisotopic (exact) mass is 318 g/mol. The van der Waals surface area contributed by atoms with Gasteiger partial charge in [0.15, 0.2) is 0 Å². The summed E-state index contributed by atoms with van der Waals surface area (Å²) in [5.41, 5.74) is 6.20. The predicted octanol–water partition coefficient (Wildman–Crippen LogP) is 3.90. The van der Waals surface area contributed by atoms with Gasteiger partial charge in [-0.05, 0) is 43.4 Å². The summed E-state index contributed by atoms with van der Waals surface area (Å²) in [4.78, 5) is 16.1. The number of amides is 1. The molecule has 0 fully saturated rings. The zero-order valence-corrected chi connectivity index (χ0v) is 13.9. The highest BCUT2D eigenvalue weighted by molar-refractivity contribution is 5.87. The van der Waals surface area contributed by atoms with Gasteiger partial charge in [-0.1, -0.05) is 48.0 Å². The average Bonchev–Trinajstić information content (AvgIpc) is 2.97. The van der Waals surface area contributed by atoms with Crippen LogP contribution in [-0.4, -0.2) is 10.9 Å². The molecule has 2 N–H and O–H groups in total. The van der Waals surface area contributed by atoms with E-state index in [9.17, 15) is 4.79 Å². The Bertz CT molecular complexity index is 894. The second kappa shape index (κ2) is 6.16. The summed E-state index contributed by atoms with van der Waals surface area (Å²) in [5.74, 6) is 0.244. The zero-order valence-electron chi connectivity index (χ0n) is 13.9. The van der Waals surface area contributed by atoms with E-state index < -0.39 is 0 Å². The third-order valence-corrected chi connectivity index (χ3v) is 5.02. The third kappa shape index (κ3) is 2.82. The molecule has 1 atom stereocenters. The molecule has 3 aromatic rings. The molecule has 24 heavy (non-hydrogen) atoms. The van der Waals surface area contributed by atoms with E-state index in [1.54, 1.807) is 0 Å². The van der Waals surface area contributed by atoms with Crippen LogP contribution < -0.4 is 5.32 Å². The van der Waals surface area contributed by atoms with E-state index in [1.165, 1.54) is 27.7 Å². The summed E-state index contributed by atoms with van der Waals surface area (Å²) < 4.78 is 0. The fourth-order valence-electron chi connectivity index (χ4n) is 3.75. The Balaban J connectivity index is 1.47. The first-order valence-corrected chi connectivity index (χ1v) is 8.62. The van der Waals surface area contributed by atoms with Crippen LogP contribution in [0.1, 0.15) is 28.8 Å². The highest BCUT2D eigenvalue weighted by Crippen LogP contribution is 2.31. The number of benzene rings is 2. The number of carbonyl (C=O) groups excluding carboxylic acids is 1. The Morgan fingerprint density at radius 1 is 1.21 bits per heavy atom. The van der Waals surface area contributed by atoms with Gasteiger partial charge in [-0.25, -0.2) is 0 Å². The van der Waals surface area contributed by atoms with Crippen molar-refractivity contribution >= 4 is 16.8 Å². The van der Waals surface area contributed by atoms with E-state index in [1.807, 2.05) is 6.07 Å². The molecule has 0 spiro atoms. The molecule has 1 aliphatic carbocycles. The lowest BCUT2D eigenvalue weighted by molar-refractivity contribution is -0.125. The molecule has 1 amide bonds. The first-order chi connectivity index (χ1) is 11.7. The van der Waals surface area contributed by atoms with E-state index in [0.717, 1.165) is 24.8 Å². The Labute approximate surface area is 142 Å². The van der Waals surface area contributed by atoms with Crippen molar-refractivity contribution in [1.29, 1.82) is 0 Å². The molecule has 122 valence electrons. The van der Waals surface area contributed by atoms with E-state index in [2.05, 4.69) is 59.7 Å². The standard InChI is InChI=1S/C21H22N2O/c1-14-5-4-6-15(11-14)13-22-21(24)16-9-10-20-18(12-16)17-7-2-3-8-19(17)23-20/h2-8,11,16,23H,9-10,12-13H2,1H3,(H,22,24). The largest absolute Gasteiger partial charge is 0.358 e. The number of fused-ring (bicyclic) bond motifs is 3. The maximum absolute atomic E-state index is 12.6. The van der Waals surface area contributed by atoms with Gasteiger partial charge in [-0.15, -0.1) is 0 Å². The van der Waals surface area contributed by atoms with Crippen LogP contribution in [0, 0.1) is 12.8 Å². The fraction of sp³-hybridized carbons (Fsp3) is 0.286. The maximum Gasteiger partial charge on any atom is 0.223 e. The van der Waals surface area contributed by atoms with E-state index in [0.29, 0.717) is 6.54 Å². The number of hydrogen-bond donors (Lipinski definition) is 2. The summed E-state index contributed by atoms with van der Waals surface area (Å²) in [6.45, 7) is 2.68. The number of para-hydroxylation sites is 1. The number of aromatic nitrogens is 1. The van der Waals surface area contributed by atoms with Gasteiger partial charge in [0, 0.05) is 29.1 Å². The molecule has 3 heteroatoms. The highest BCUT2D eigenvalue weighted by Gasteiger charge is 2.27. The van der Waals surface area contributed by atoms with E-state index >= 15 is 0 Å². The number of H-pyrrole nitrogens is 1. The van der Waals surface area contributed by atoms with Gasteiger partial charge in [-0.3, -0.25) is 4.79 Å². The first kappa shape index (κ1) is 15.0. The second-order valence-electron chi connectivity index (χ2n) is 6.77. The number of rotatable bonds is 3. The molecular formula is C21H22N2O. The number of aromatic amines is 1. The Hall–Kier alpha value is -2.55. The maximum atomic E-state index is 12.6. The van der Waals surface area contributed by atoms with Crippen LogP contribution in [-0.2, 0) is 24.2 Å². The van der Waals surface area contributed by atoms with Crippen molar-refractivity contribution < 1.29 is 4.79 Å². The number of nitrogens with one attached hydrogen (secondary N) is 2. The Morgan fingerprint density at radius 3 is 2.96 bits per heavy atom. The van der Waals surface area contributed by atoms with Crippen LogP contribution in [0.2, 0.25) is 0 Å². The molecule has 1 heterocycles. The van der Waals surface area contributed by atoms with Crippen molar-refractivity contribution in [2.45, 2.75) is 32.7 Å². The molecule has 2 aromatic carbocycles. The summed E-state index contributed by atoms with van der Waals surface area (Å²) >= 11 is 0. The average molecular weight is 318 g/mol. The fourth-order valence-corrected chi connectivity index (χ4v) is 3.75. The quantitative estimate of drug-likeness (QED) is 0.756. The van der Waals surface area contributed by atoms with Gasteiger partial charge in [0.2, 0.25) is 5.91 Å². The van der Waals surface area contributed by atoms with Gasteiger partial charge < -0.3 is 10.3 Å². The van der Waals surface area contributed by atoms with E-state index in [-0.39, 0.29) is 11.8 Å². The molecule has 0 aliphatic heterocycles. The predicted molar refractivity (Wildman–Crippen MR) is 96.8 cm³/mol. The highest BCUT2D eigenvalue weighted by atomic mass is 16.1. The van der Waals surface area contributed by atoms with Gasteiger partial charge in [0.25, 0.3) is 0 Å². The molecule has 1 aromatic heterocycles. The summed E-state index contributed by atoms with van der Waals surface area (Å²) in [5, 5.41) is 4.39. The van der Waals surface area contributed by atoms with Crippen LogP contribution in [0.3, 0.4) is 0 Å². The topological polar surface area (TPSA) is 44.9 Å². The lowest BCUT2D eigenvalue weighted by Crippen LogP contribution is -2.33. The number of hydrogen-bond acceptors (Lipinski definition) is 1. The molecular weight excluding hydrogens is 296 g/mol. The molecule has 0 saturated carbocycles. The molecule has 0 radical (unpaired) electrons. The van der Waals surface area contributed by atoms with Gasteiger partial charge in [0.1, 0.15) is 0 Å². The number of carbonyl (C=O) groups is 1. The van der Waals surface area contributed by atoms with Crippen LogP contribution in [0.5, 0.6) is 0 Å². The lowest BCUT2D eigenvalue weighted by atomic mass is 9.86. The van der Waals surface area contributed by atoms with Crippen molar-refractivity contribution in [3.05, 3.63) is 70.9 Å².